The monoisotopic (exact) mass is 380 g/mol. The Hall–Kier alpha value is -3.16. The van der Waals surface area contributed by atoms with Gasteiger partial charge >= 0.3 is 0 Å². The van der Waals surface area contributed by atoms with Gasteiger partial charge in [-0.3, -0.25) is 9.36 Å². The van der Waals surface area contributed by atoms with Crippen molar-refractivity contribution in [3.63, 3.8) is 0 Å². The van der Waals surface area contributed by atoms with Crippen LogP contribution in [0.4, 0.5) is 0 Å². The molecule has 1 N–H and O–H groups in total. The number of hydrogen-bond acceptors (Lipinski definition) is 6. The first-order valence-electron chi connectivity index (χ1n) is 8.91. The highest BCUT2D eigenvalue weighted by molar-refractivity contribution is 6.01. The van der Waals surface area contributed by atoms with E-state index < -0.39 is 6.10 Å². The number of aromatic nitrogens is 2. The lowest BCUT2D eigenvalue weighted by Crippen LogP contribution is -2.29. The number of benzene rings is 2. The zero-order valence-electron chi connectivity index (χ0n) is 15.4. The van der Waals surface area contributed by atoms with E-state index in [2.05, 4.69) is 4.98 Å². The first-order valence-corrected chi connectivity index (χ1v) is 8.91. The molecule has 0 fully saturated rings. The summed E-state index contributed by atoms with van der Waals surface area (Å²) >= 11 is 0. The predicted octanol–water partition coefficient (Wildman–Crippen LogP) is 2.73. The number of fused-ring (bicyclic) bond motifs is 3. The van der Waals surface area contributed by atoms with Gasteiger partial charge in [-0.25, -0.2) is 4.98 Å². The predicted molar refractivity (Wildman–Crippen MR) is 104 cm³/mol. The summed E-state index contributed by atoms with van der Waals surface area (Å²) in [6, 6.07) is 14.9. The van der Waals surface area contributed by atoms with E-state index in [1.165, 1.54) is 10.9 Å². The van der Waals surface area contributed by atoms with Crippen LogP contribution in [0.2, 0.25) is 0 Å². The van der Waals surface area contributed by atoms with Crippen LogP contribution in [0, 0.1) is 0 Å². The summed E-state index contributed by atoms with van der Waals surface area (Å²) in [6.45, 7) is 0.435. The molecule has 0 saturated heterocycles. The average Bonchev–Trinajstić information content (AvgIpc) is 3.10. The Bertz CT molecular complexity index is 1160. The molecular formula is C21H20N2O5. The molecule has 2 aromatic heterocycles. The number of aliphatic hydroxyl groups is 1. The zero-order valence-corrected chi connectivity index (χ0v) is 15.4. The summed E-state index contributed by atoms with van der Waals surface area (Å²) in [5.74, 6) is 0.729. The van der Waals surface area contributed by atoms with Gasteiger partial charge in [0.25, 0.3) is 5.56 Å². The quantitative estimate of drug-likeness (QED) is 0.531. The smallest absolute Gasteiger partial charge is 0.297 e. The Labute approximate surface area is 160 Å². The standard InChI is InChI=1S/C21H20N2O5/c1-26-17-8-4-2-6-14(17)11-27-12-15(24)10-23-13-22-19-16-7-3-5-9-18(16)28-20(19)21(23)25/h2-9,13,15,24H,10-12H2,1H3. The fraction of sp³-hybridized carbons (Fsp3) is 0.238. The third-order valence-corrected chi connectivity index (χ3v) is 4.52. The van der Waals surface area contributed by atoms with Crippen molar-refractivity contribution >= 4 is 22.1 Å². The number of rotatable bonds is 7. The molecule has 2 aromatic carbocycles. The summed E-state index contributed by atoms with van der Waals surface area (Å²) in [5.41, 5.74) is 1.88. The van der Waals surface area contributed by atoms with Gasteiger partial charge in [-0.1, -0.05) is 30.3 Å². The van der Waals surface area contributed by atoms with Crippen molar-refractivity contribution in [2.75, 3.05) is 13.7 Å². The maximum absolute atomic E-state index is 12.7. The number of nitrogens with zero attached hydrogens (tertiary/aromatic N) is 2. The van der Waals surface area contributed by atoms with Crippen molar-refractivity contribution in [2.24, 2.45) is 0 Å². The Morgan fingerprint density at radius 3 is 2.82 bits per heavy atom. The van der Waals surface area contributed by atoms with E-state index in [9.17, 15) is 9.90 Å². The molecule has 0 spiro atoms. The second kappa shape index (κ2) is 7.84. The first kappa shape index (κ1) is 18.2. The van der Waals surface area contributed by atoms with E-state index in [4.69, 9.17) is 13.9 Å². The second-order valence-corrected chi connectivity index (χ2v) is 6.46. The van der Waals surface area contributed by atoms with Gasteiger partial charge in [-0.15, -0.1) is 0 Å². The molecule has 7 heteroatoms. The van der Waals surface area contributed by atoms with Crippen LogP contribution in [0.1, 0.15) is 5.56 Å². The first-order chi connectivity index (χ1) is 13.7. The Morgan fingerprint density at radius 1 is 1.18 bits per heavy atom. The number of furan rings is 1. The maximum Gasteiger partial charge on any atom is 0.297 e. The molecule has 0 bridgehead atoms. The molecule has 0 aliphatic heterocycles. The van der Waals surface area contributed by atoms with E-state index in [1.54, 1.807) is 13.2 Å². The lowest BCUT2D eigenvalue weighted by atomic mass is 10.2. The van der Waals surface area contributed by atoms with Gasteiger partial charge in [0.2, 0.25) is 5.58 Å². The van der Waals surface area contributed by atoms with Crippen molar-refractivity contribution in [1.29, 1.82) is 0 Å². The summed E-state index contributed by atoms with van der Waals surface area (Å²) in [5, 5.41) is 11.1. The van der Waals surface area contributed by atoms with Gasteiger partial charge in [-0.05, 0) is 18.2 Å². The SMILES string of the molecule is COc1ccccc1COCC(O)Cn1cnc2c(oc3ccccc32)c1=O. The van der Waals surface area contributed by atoms with Crippen molar-refractivity contribution in [3.05, 3.63) is 70.8 Å². The van der Waals surface area contributed by atoms with E-state index in [1.807, 2.05) is 42.5 Å². The highest BCUT2D eigenvalue weighted by Gasteiger charge is 2.15. The molecule has 1 unspecified atom stereocenters. The van der Waals surface area contributed by atoms with E-state index in [0.717, 1.165) is 16.7 Å². The lowest BCUT2D eigenvalue weighted by Gasteiger charge is -2.13. The minimum Gasteiger partial charge on any atom is -0.496 e. The van der Waals surface area contributed by atoms with Gasteiger partial charge in [-0.2, -0.15) is 0 Å². The van der Waals surface area contributed by atoms with Gasteiger partial charge in [0.1, 0.15) is 16.8 Å². The largest absolute Gasteiger partial charge is 0.496 e. The van der Waals surface area contributed by atoms with Gasteiger partial charge in [0, 0.05) is 10.9 Å². The Balaban J connectivity index is 1.45. The summed E-state index contributed by atoms with van der Waals surface area (Å²) in [7, 11) is 1.60. The van der Waals surface area contributed by atoms with E-state index in [0.29, 0.717) is 17.7 Å². The minimum atomic E-state index is -0.865. The normalized spacial score (nSPS) is 12.5. The second-order valence-electron chi connectivity index (χ2n) is 6.46. The molecule has 0 aliphatic rings. The molecule has 2 heterocycles. The molecular weight excluding hydrogens is 360 g/mol. The molecule has 0 saturated carbocycles. The van der Waals surface area contributed by atoms with Crippen molar-refractivity contribution in [1.82, 2.24) is 9.55 Å². The van der Waals surface area contributed by atoms with Crippen LogP contribution in [0.15, 0.2) is 64.1 Å². The number of methoxy groups -OCH3 is 1. The highest BCUT2D eigenvalue weighted by atomic mass is 16.5. The number of para-hydroxylation sites is 2. The summed E-state index contributed by atoms with van der Waals surface area (Å²) in [4.78, 5) is 17.0. The molecule has 28 heavy (non-hydrogen) atoms. The Morgan fingerprint density at radius 2 is 1.96 bits per heavy atom. The fourth-order valence-electron chi connectivity index (χ4n) is 3.15. The van der Waals surface area contributed by atoms with Crippen LogP contribution in [0.3, 0.4) is 0 Å². The Kier molecular flexibility index (Phi) is 5.10. The van der Waals surface area contributed by atoms with Crippen molar-refractivity contribution in [2.45, 2.75) is 19.3 Å². The number of ether oxygens (including phenoxy) is 2. The third kappa shape index (κ3) is 3.49. The van der Waals surface area contributed by atoms with Crippen LogP contribution in [-0.2, 0) is 17.9 Å². The molecule has 144 valence electrons. The van der Waals surface area contributed by atoms with Crippen LogP contribution in [0.25, 0.3) is 22.1 Å². The molecule has 4 aromatic rings. The summed E-state index contributed by atoms with van der Waals surface area (Å²) in [6.07, 6.45) is 0.562. The molecule has 1 atom stereocenters. The summed E-state index contributed by atoms with van der Waals surface area (Å²) < 4.78 is 17.8. The average molecular weight is 380 g/mol. The van der Waals surface area contributed by atoms with E-state index >= 15 is 0 Å². The minimum absolute atomic E-state index is 0.0603. The lowest BCUT2D eigenvalue weighted by molar-refractivity contribution is 0.0192. The fourth-order valence-corrected chi connectivity index (χ4v) is 3.15. The highest BCUT2D eigenvalue weighted by Crippen LogP contribution is 2.24. The maximum atomic E-state index is 12.7. The topological polar surface area (TPSA) is 86.7 Å². The number of hydrogen-bond donors (Lipinski definition) is 1. The van der Waals surface area contributed by atoms with Crippen molar-refractivity contribution in [3.8, 4) is 5.75 Å². The molecule has 0 amide bonds. The van der Waals surface area contributed by atoms with Gasteiger partial charge < -0.3 is 19.0 Å². The van der Waals surface area contributed by atoms with Gasteiger partial charge in [0.05, 0.1) is 39.3 Å². The number of aliphatic hydroxyl groups excluding tert-OH is 1. The third-order valence-electron chi connectivity index (χ3n) is 4.52. The van der Waals surface area contributed by atoms with Crippen LogP contribution in [-0.4, -0.2) is 34.5 Å². The zero-order chi connectivity index (χ0) is 19.5. The van der Waals surface area contributed by atoms with Gasteiger partial charge in [0.15, 0.2) is 0 Å². The van der Waals surface area contributed by atoms with Crippen LogP contribution in [0.5, 0.6) is 5.75 Å². The molecule has 4 rings (SSSR count). The molecule has 7 nitrogen and oxygen atoms in total. The van der Waals surface area contributed by atoms with Crippen LogP contribution < -0.4 is 10.3 Å². The van der Waals surface area contributed by atoms with E-state index in [-0.39, 0.29) is 24.3 Å². The molecule has 0 aliphatic carbocycles. The van der Waals surface area contributed by atoms with Crippen LogP contribution >= 0.6 is 0 Å². The molecule has 0 radical (unpaired) electrons. The van der Waals surface area contributed by atoms with Crippen molar-refractivity contribution < 1.29 is 19.0 Å².